The standard InChI is InChI=1S/C12H16F3NO2/c1-8(16-7-12(13,14)15)10-6-9(17-2)4-5-11(10)18-3/h4-6,8,16H,7H2,1-3H3. The minimum atomic E-state index is -4.24. The van der Waals surface area contributed by atoms with E-state index in [0.29, 0.717) is 17.1 Å². The van der Waals surface area contributed by atoms with Gasteiger partial charge in [0.05, 0.1) is 20.8 Å². The second kappa shape index (κ2) is 5.95. The van der Waals surface area contributed by atoms with Crippen LogP contribution in [0.5, 0.6) is 11.5 Å². The minimum Gasteiger partial charge on any atom is -0.497 e. The molecule has 0 saturated carbocycles. The van der Waals surface area contributed by atoms with Crippen LogP contribution >= 0.6 is 0 Å². The van der Waals surface area contributed by atoms with E-state index in [1.807, 2.05) is 0 Å². The molecule has 6 heteroatoms. The van der Waals surface area contributed by atoms with Crippen molar-refractivity contribution in [3.63, 3.8) is 0 Å². The first kappa shape index (κ1) is 14.6. The van der Waals surface area contributed by atoms with Gasteiger partial charge in [0.1, 0.15) is 11.5 Å². The third kappa shape index (κ3) is 4.10. The number of hydrogen-bond acceptors (Lipinski definition) is 3. The Morgan fingerprint density at radius 1 is 1.22 bits per heavy atom. The molecule has 0 aliphatic carbocycles. The molecule has 1 unspecified atom stereocenters. The summed E-state index contributed by atoms with van der Waals surface area (Å²) in [6, 6.07) is 4.53. The molecule has 0 radical (unpaired) electrons. The lowest BCUT2D eigenvalue weighted by molar-refractivity contribution is -0.126. The van der Waals surface area contributed by atoms with Gasteiger partial charge in [-0.05, 0) is 25.1 Å². The summed E-state index contributed by atoms with van der Waals surface area (Å²) in [6.07, 6.45) is -4.24. The molecule has 0 fully saturated rings. The van der Waals surface area contributed by atoms with E-state index in [-0.39, 0.29) is 0 Å². The fourth-order valence-corrected chi connectivity index (χ4v) is 1.56. The van der Waals surface area contributed by atoms with Crippen LogP contribution in [0.4, 0.5) is 13.2 Å². The molecule has 1 atom stereocenters. The zero-order valence-corrected chi connectivity index (χ0v) is 10.5. The average Bonchev–Trinajstić information content (AvgIpc) is 2.34. The summed E-state index contributed by atoms with van der Waals surface area (Å²) in [7, 11) is 2.97. The second-order valence-electron chi connectivity index (χ2n) is 3.83. The molecule has 1 rings (SSSR count). The lowest BCUT2D eigenvalue weighted by Crippen LogP contribution is -2.31. The highest BCUT2D eigenvalue weighted by Gasteiger charge is 2.28. The van der Waals surface area contributed by atoms with Gasteiger partial charge in [0.15, 0.2) is 0 Å². The van der Waals surface area contributed by atoms with Crippen LogP contribution in [0.15, 0.2) is 18.2 Å². The van der Waals surface area contributed by atoms with Crippen molar-refractivity contribution in [2.75, 3.05) is 20.8 Å². The molecule has 0 amide bonds. The maximum atomic E-state index is 12.1. The lowest BCUT2D eigenvalue weighted by atomic mass is 10.1. The molecule has 1 aromatic rings. The average molecular weight is 263 g/mol. The van der Waals surface area contributed by atoms with E-state index in [4.69, 9.17) is 9.47 Å². The Labute approximate surface area is 104 Å². The van der Waals surface area contributed by atoms with Crippen LogP contribution in [-0.4, -0.2) is 26.9 Å². The first-order valence-corrected chi connectivity index (χ1v) is 5.39. The predicted octanol–water partition coefficient (Wildman–Crippen LogP) is 2.92. The monoisotopic (exact) mass is 263 g/mol. The van der Waals surface area contributed by atoms with E-state index in [2.05, 4.69) is 5.32 Å². The summed E-state index contributed by atoms with van der Waals surface area (Å²) in [6.45, 7) is 0.595. The Bertz CT molecular complexity index is 393. The zero-order chi connectivity index (χ0) is 13.8. The lowest BCUT2D eigenvalue weighted by Gasteiger charge is -2.19. The first-order valence-electron chi connectivity index (χ1n) is 5.39. The molecule has 0 bridgehead atoms. The fraction of sp³-hybridized carbons (Fsp3) is 0.500. The minimum absolute atomic E-state index is 0.489. The maximum absolute atomic E-state index is 12.1. The Morgan fingerprint density at radius 2 is 1.89 bits per heavy atom. The predicted molar refractivity (Wildman–Crippen MR) is 62.0 cm³/mol. The molecule has 3 nitrogen and oxygen atoms in total. The number of benzene rings is 1. The molecule has 18 heavy (non-hydrogen) atoms. The van der Waals surface area contributed by atoms with E-state index in [1.54, 1.807) is 25.1 Å². The van der Waals surface area contributed by atoms with Crippen LogP contribution in [0.3, 0.4) is 0 Å². The Hall–Kier alpha value is -1.43. The highest BCUT2D eigenvalue weighted by Crippen LogP contribution is 2.29. The smallest absolute Gasteiger partial charge is 0.401 e. The molecule has 0 aliphatic rings. The molecular weight excluding hydrogens is 247 g/mol. The number of ether oxygens (including phenoxy) is 2. The summed E-state index contributed by atoms with van der Waals surface area (Å²) in [4.78, 5) is 0. The van der Waals surface area contributed by atoms with Gasteiger partial charge >= 0.3 is 6.18 Å². The molecule has 0 heterocycles. The van der Waals surface area contributed by atoms with Crippen LogP contribution < -0.4 is 14.8 Å². The Balaban J connectivity index is 2.85. The van der Waals surface area contributed by atoms with Crippen LogP contribution in [0, 0.1) is 0 Å². The van der Waals surface area contributed by atoms with E-state index in [1.165, 1.54) is 14.2 Å². The summed E-state index contributed by atoms with van der Waals surface area (Å²) in [5.74, 6) is 1.10. The van der Waals surface area contributed by atoms with Gasteiger partial charge in [-0.25, -0.2) is 0 Å². The van der Waals surface area contributed by atoms with Crippen molar-refractivity contribution in [3.05, 3.63) is 23.8 Å². The fourth-order valence-electron chi connectivity index (χ4n) is 1.56. The van der Waals surface area contributed by atoms with Gasteiger partial charge in [-0.3, -0.25) is 0 Å². The normalized spacial score (nSPS) is 13.2. The van der Waals surface area contributed by atoms with Crippen LogP contribution in [0.1, 0.15) is 18.5 Å². The number of alkyl halides is 3. The van der Waals surface area contributed by atoms with Crippen molar-refractivity contribution in [2.45, 2.75) is 19.1 Å². The SMILES string of the molecule is COc1ccc(OC)c(C(C)NCC(F)(F)F)c1. The number of methoxy groups -OCH3 is 2. The molecular formula is C12H16F3NO2. The van der Waals surface area contributed by atoms with Gasteiger partial charge in [-0.1, -0.05) is 0 Å². The number of halogens is 3. The van der Waals surface area contributed by atoms with E-state index in [9.17, 15) is 13.2 Å². The number of hydrogen-bond donors (Lipinski definition) is 1. The summed E-state index contributed by atoms with van der Waals surface area (Å²) in [5, 5.41) is 2.40. The van der Waals surface area contributed by atoms with Crippen molar-refractivity contribution in [3.8, 4) is 11.5 Å². The molecule has 0 aromatic heterocycles. The second-order valence-corrected chi connectivity index (χ2v) is 3.83. The van der Waals surface area contributed by atoms with E-state index in [0.717, 1.165) is 0 Å². The van der Waals surface area contributed by atoms with Crippen LogP contribution in [0.25, 0.3) is 0 Å². The van der Waals surface area contributed by atoms with Crippen LogP contribution in [0.2, 0.25) is 0 Å². The van der Waals surface area contributed by atoms with Gasteiger partial charge in [0.2, 0.25) is 0 Å². The highest BCUT2D eigenvalue weighted by atomic mass is 19.4. The Morgan fingerprint density at radius 3 is 2.39 bits per heavy atom. The highest BCUT2D eigenvalue weighted by molar-refractivity contribution is 5.42. The summed E-state index contributed by atoms with van der Waals surface area (Å²) >= 11 is 0. The van der Waals surface area contributed by atoms with Crippen molar-refractivity contribution in [1.82, 2.24) is 5.32 Å². The van der Waals surface area contributed by atoms with E-state index >= 15 is 0 Å². The van der Waals surface area contributed by atoms with Gasteiger partial charge in [-0.2, -0.15) is 13.2 Å². The molecule has 0 spiro atoms. The maximum Gasteiger partial charge on any atom is 0.401 e. The van der Waals surface area contributed by atoms with E-state index < -0.39 is 18.8 Å². The Kier molecular flexibility index (Phi) is 4.84. The first-order chi connectivity index (χ1) is 8.37. The van der Waals surface area contributed by atoms with Crippen LogP contribution in [-0.2, 0) is 0 Å². The molecule has 102 valence electrons. The summed E-state index contributed by atoms with van der Waals surface area (Å²) < 4.78 is 46.6. The third-order valence-corrected chi connectivity index (χ3v) is 2.51. The number of nitrogens with one attached hydrogen (secondary N) is 1. The molecule has 1 N–H and O–H groups in total. The summed E-state index contributed by atoms with van der Waals surface area (Å²) in [5.41, 5.74) is 0.626. The number of rotatable bonds is 5. The molecule has 1 aromatic carbocycles. The molecule has 0 saturated heterocycles. The van der Waals surface area contributed by atoms with Crippen molar-refractivity contribution >= 4 is 0 Å². The van der Waals surface area contributed by atoms with Crippen molar-refractivity contribution in [1.29, 1.82) is 0 Å². The van der Waals surface area contributed by atoms with Gasteiger partial charge in [0, 0.05) is 11.6 Å². The molecule has 0 aliphatic heterocycles. The largest absolute Gasteiger partial charge is 0.497 e. The topological polar surface area (TPSA) is 30.5 Å². The third-order valence-electron chi connectivity index (χ3n) is 2.51. The van der Waals surface area contributed by atoms with Crippen molar-refractivity contribution in [2.24, 2.45) is 0 Å². The van der Waals surface area contributed by atoms with Gasteiger partial charge in [0.25, 0.3) is 0 Å². The quantitative estimate of drug-likeness (QED) is 0.886. The van der Waals surface area contributed by atoms with Gasteiger partial charge < -0.3 is 14.8 Å². The van der Waals surface area contributed by atoms with Crippen molar-refractivity contribution < 1.29 is 22.6 Å². The zero-order valence-electron chi connectivity index (χ0n) is 10.5. The van der Waals surface area contributed by atoms with Gasteiger partial charge in [-0.15, -0.1) is 0 Å².